The van der Waals surface area contributed by atoms with Gasteiger partial charge in [-0.2, -0.15) is 0 Å². The van der Waals surface area contributed by atoms with Gasteiger partial charge in [0.2, 0.25) is 0 Å². The zero-order valence-electron chi connectivity index (χ0n) is 8.87. The van der Waals surface area contributed by atoms with Gasteiger partial charge in [0.1, 0.15) is 11.6 Å². The van der Waals surface area contributed by atoms with Crippen LogP contribution in [0.15, 0.2) is 12.1 Å². The fourth-order valence-corrected chi connectivity index (χ4v) is 2.07. The Morgan fingerprint density at radius 1 is 1.56 bits per heavy atom. The van der Waals surface area contributed by atoms with E-state index in [4.69, 9.17) is 22.1 Å². The minimum absolute atomic E-state index is 0. The van der Waals surface area contributed by atoms with E-state index in [9.17, 15) is 4.39 Å². The van der Waals surface area contributed by atoms with Crippen molar-refractivity contribution in [2.75, 3.05) is 13.7 Å². The van der Waals surface area contributed by atoms with Crippen molar-refractivity contribution in [2.45, 2.75) is 12.3 Å². The second-order valence-corrected chi connectivity index (χ2v) is 4.25. The maximum Gasteiger partial charge on any atom is 0.145 e. The lowest BCUT2D eigenvalue weighted by atomic mass is 10.1. The first-order valence-electron chi connectivity index (χ1n) is 4.90. The minimum atomic E-state index is -0.442. The highest BCUT2D eigenvalue weighted by Gasteiger charge is 2.39. The van der Waals surface area contributed by atoms with Crippen molar-refractivity contribution in [3.8, 4) is 5.75 Å². The number of ether oxygens (including phenoxy) is 1. The van der Waals surface area contributed by atoms with Crippen LogP contribution in [0, 0.1) is 11.7 Å². The summed E-state index contributed by atoms with van der Waals surface area (Å²) in [6.07, 6.45) is 1.04. The molecule has 1 aromatic carbocycles. The van der Waals surface area contributed by atoms with Gasteiger partial charge in [-0.05, 0) is 36.4 Å². The summed E-state index contributed by atoms with van der Waals surface area (Å²) in [6.45, 7) is 0.656. The van der Waals surface area contributed by atoms with Crippen LogP contribution < -0.4 is 10.5 Å². The molecular weight excluding hydrogens is 252 g/mol. The lowest BCUT2D eigenvalue weighted by Gasteiger charge is -2.09. The first-order chi connectivity index (χ1) is 7.17. The largest absolute Gasteiger partial charge is 0.496 e. The predicted molar refractivity (Wildman–Crippen MR) is 65.1 cm³/mol. The standard InChI is InChI=1S/C11H13ClFNO.ClH/c1-15-11-4-10(13)9(12)3-8(11)7-2-6(7)5-14;/h3-4,6-7H,2,5,14H2,1H3;1H. The van der Waals surface area contributed by atoms with E-state index in [1.807, 2.05) is 0 Å². The molecule has 0 spiro atoms. The summed E-state index contributed by atoms with van der Waals surface area (Å²) >= 11 is 5.74. The van der Waals surface area contributed by atoms with Crippen LogP contribution in [0.3, 0.4) is 0 Å². The zero-order valence-corrected chi connectivity index (χ0v) is 10.4. The van der Waals surface area contributed by atoms with Crippen LogP contribution in [0.2, 0.25) is 5.02 Å². The smallest absolute Gasteiger partial charge is 0.145 e. The molecule has 2 atom stereocenters. The van der Waals surface area contributed by atoms with E-state index in [0.29, 0.717) is 24.1 Å². The molecule has 5 heteroatoms. The van der Waals surface area contributed by atoms with E-state index in [1.54, 1.807) is 6.07 Å². The molecule has 1 aliphatic rings. The number of hydrogen-bond donors (Lipinski definition) is 1. The van der Waals surface area contributed by atoms with Crippen molar-refractivity contribution in [1.29, 1.82) is 0 Å². The Morgan fingerprint density at radius 2 is 2.25 bits per heavy atom. The van der Waals surface area contributed by atoms with Gasteiger partial charge in [-0.3, -0.25) is 0 Å². The highest BCUT2D eigenvalue weighted by atomic mass is 35.5. The van der Waals surface area contributed by atoms with E-state index in [-0.39, 0.29) is 17.4 Å². The zero-order chi connectivity index (χ0) is 11.0. The molecule has 0 radical (unpaired) electrons. The number of rotatable bonds is 3. The first kappa shape index (κ1) is 13.6. The normalized spacial score (nSPS) is 22.5. The van der Waals surface area contributed by atoms with Crippen LogP contribution >= 0.6 is 24.0 Å². The molecule has 0 saturated heterocycles. The second kappa shape index (κ2) is 5.21. The third kappa shape index (κ3) is 2.42. The van der Waals surface area contributed by atoms with Crippen LogP contribution in [-0.4, -0.2) is 13.7 Å². The molecule has 90 valence electrons. The summed E-state index contributed by atoms with van der Waals surface area (Å²) in [5, 5.41) is 0.147. The summed E-state index contributed by atoms with van der Waals surface area (Å²) in [5.41, 5.74) is 6.54. The van der Waals surface area contributed by atoms with E-state index in [2.05, 4.69) is 0 Å². The van der Waals surface area contributed by atoms with Crippen molar-refractivity contribution >= 4 is 24.0 Å². The molecule has 0 amide bonds. The summed E-state index contributed by atoms with van der Waals surface area (Å²) in [7, 11) is 1.53. The van der Waals surface area contributed by atoms with Gasteiger partial charge in [-0.15, -0.1) is 12.4 Å². The second-order valence-electron chi connectivity index (χ2n) is 3.85. The average Bonchev–Trinajstić information content (AvgIpc) is 3.00. The number of benzene rings is 1. The third-order valence-corrected chi connectivity index (χ3v) is 3.19. The number of methoxy groups -OCH3 is 1. The number of nitrogens with two attached hydrogens (primary N) is 1. The van der Waals surface area contributed by atoms with Crippen LogP contribution in [0.1, 0.15) is 17.9 Å². The van der Waals surface area contributed by atoms with E-state index in [0.717, 1.165) is 12.0 Å². The molecule has 0 aromatic heterocycles. The van der Waals surface area contributed by atoms with Crippen molar-refractivity contribution in [2.24, 2.45) is 11.7 Å². The average molecular weight is 266 g/mol. The fraction of sp³-hybridized carbons (Fsp3) is 0.455. The number of halogens is 3. The van der Waals surface area contributed by atoms with Crippen LogP contribution in [0.25, 0.3) is 0 Å². The van der Waals surface area contributed by atoms with Gasteiger partial charge in [0.15, 0.2) is 0 Å². The Hall–Kier alpha value is -0.510. The molecule has 2 nitrogen and oxygen atoms in total. The van der Waals surface area contributed by atoms with Crippen molar-refractivity contribution in [1.82, 2.24) is 0 Å². The summed E-state index contributed by atoms with van der Waals surface area (Å²) in [6, 6.07) is 2.99. The molecule has 16 heavy (non-hydrogen) atoms. The van der Waals surface area contributed by atoms with Gasteiger partial charge < -0.3 is 10.5 Å². The van der Waals surface area contributed by atoms with Gasteiger partial charge >= 0.3 is 0 Å². The molecule has 2 N–H and O–H groups in total. The third-order valence-electron chi connectivity index (χ3n) is 2.90. The highest BCUT2D eigenvalue weighted by molar-refractivity contribution is 6.30. The molecule has 1 fully saturated rings. The van der Waals surface area contributed by atoms with Crippen molar-refractivity contribution in [3.05, 3.63) is 28.5 Å². The van der Waals surface area contributed by atoms with Crippen LogP contribution in [0.5, 0.6) is 5.75 Å². The van der Waals surface area contributed by atoms with Crippen LogP contribution in [0.4, 0.5) is 4.39 Å². The predicted octanol–water partition coefficient (Wildman–Crippen LogP) is 2.97. The fourth-order valence-electron chi connectivity index (χ4n) is 1.90. The van der Waals surface area contributed by atoms with E-state index in [1.165, 1.54) is 13.2 Å². The molecule has 0 bridgehead atoms. The Labute approximate surface area is 105 Å². The van der Waals surface area contributed by atoms with Gasteiger partial charge in [0.05, 0.1) is 12.1 Å². The van der Waals surface area contributed by atoms with Gasteiger partial charge in [-0.1, -0.05) is 11.6 Å². The molecule has 1 saturated carbocycles. The van der Waals surface area contributed by atoms with Gasteiger partial charge in [-0.25, -0.2) is 4.39 Å². The topological polar surface area (TPSA) is 35.2 Å². The molecule has 2 unspecified atom stereocenters. The molecule has 1 aliphatic carbocycles. The van der Waals surface area contributed by atoms with Gasteiger partial charge in [0, 0.05) is 6.07 Å². The van der Waals surface area contributed by atoms with Gasteiger partial charge in [0.25, 0.3) is 0 Å². The first-order valence-corrected chi connectivity index (χ1v) is 5.28. The highest BCUT2D eigenvalue weighted by Crippen LogP contribution is 2.50. The lowest BCUT2D eigenvalue weighted by Crippen LogP contribution is -2.02. The molecule has 0 heterocycles. The van der Waals surface area contributed by atoms with E-state index >= 15 is 0 Å². The van der Waals surface area contributed by atoms with Crippen molar-refractivity contribution in [3.63, 3.8) is 0 Å². The summed E-state index contributed by atoms with van der Waals surface area (Å²) < 4.78 is 18.3. The number of hydrogen-bond acceptors (Lipinski definition) is 2. The minimum Gasteiger partial charge on any atom is -0.496 e. The van der Waals surface area contributed by atoms with Crippen LogP contribution in [-0.2, 0) is 0 Å². The molecule has 1 aromatic rings. The monoisotopic (exact) mass is 265 g/mol. The lowest BCUT2D eigenvalue weighted by molar-refractivity contribution is 0.405. The summed E-state index contributed by atoms with van der Waals surface area (Å²) in [4.78, 5) is 0. The Morgan fingerprint density at radius 3 is 2.75 bits per heavy atom. The molecule has 0 aliphatic heterocycles. The van der Waals surface area contributed by atoms with Crippen molar-refractivity contribution < 1.29 is 9.13 Å². The van der Waals surface area contributed by atoms with E-state index < -0.39 is 5.82 Å². The SMILES string of the molecule is COc1cc(F)c(Cl)cc1C1CC1CN.Cl. The maximum atomic E-state index is 13.2. The maximum absolute atomic E-state index is 13.2. The Kier molecular flexibility index (Phi) is 4.42. The Bertz CT molecular complexity index is 386. The summed E-state index contributed by atoms with van der Waals surface area (Å²) in [5.74, 6) is 0.989. The molecule has 2 rings (SSSR count). The molecular formula is C11H14Cl2FNO. The quantitative estimate of drug-likeness (QED) is 0.912. The Balaban J connectivity index is 0.00000128.